The Hall–Kier alpha value is -2.10. The second kappa shape index (κ2) is 7.26. The van der Waals surface area contributed by atoms with Crippen molar-refractivity contribution in [2.24, 2.45) is 0 Å². The number of rotatable bonds is 5. The molecule has 1 aromatic carbocycles. The van der Waals surface area contributed by atoms with Crippen LogP contribution in [-0.2, 0) is 21.2 Å². The van der Waals surface area contributed by atoms with Crippen LogP contribution in [0.4, 0.5) is 5.69 Å². The van der Waals surface area contributed by atoms with Crippen LogP contribution in [0.1, 0.15) is 39.7 Å². The van der Waals surface area contributed by atoms with Gasteiger partial charge in [-0.05, 0) is 42.5 Å². The summed E-state index contributed by atoms with van der Waals surface area (Å²) in [4.78, 5) is 11.9. The van der Waals surface area contributed by atoms with E-state index in [1.807, 2.05) is 12.1 Å². The van der Waals surface area contributed by atoms with E-state index in [0.29, 0.717) is 12.1 Å². The van der Waals surface area contributed by atoms with E-state index in [9.17, 15) is 13.2 Å². The smallest absolute Gasteiger partial charge is 0.348 e. The van der Waals surface area contributed by atoms with Crippen LogP contribution in [-0.4, -0.2) is 28.6 Å². The minimum atomic E-state index is -3.87. The number of methoxy groups -OCH3 is 2. The number of thiophene rings is 1. The fourth-order valence-electron chi connectivity index (χ4n) is 3.09. The number of aryl methyl sites for hydroxylation is 1. The van der Waals surface area contributed by atoms with E-state index in [2.05, 4.69) is 9.46 Å². The van der Waals surface area contributed by atoms with Crippen LogP contribution < -0.4 is 15.2 Å². The van der Waals surface area contributed by atoms with E-state index in [-0.39, 0.29) is 20.9 Å². The number of nitrogens with two attached hydrogens (primary N) is 1. The van der Waals surface area contributed by atoms with Crippen molar-refractivity contribution >= 4 is 33.0 Å². The SMILES string of the molecule is COC(=O)c1cc(OC)c(S(=O)(=O)NC2CCCc3cc(N)ccc32)s1. The van der Waals surface area contributed by atoms with Gasteiger partial charge >= 0.3 is 5.97 Å². The number of nitrogen functional groups attached to an aromatic ring is 1. The lowest BCUT2D eigenvalue weighted by molar-refractivity contribution is 0.0606. The van der Waals surface area contributed by atoms with Crippen LogP contribution in [0.25, 0.3) is 0 Å². The molecular weight excluding hydrogens is 376 g/mol. The molecule has 1 unspecified atom stereocenters. The van der Waals surface area contributed by atoms with Gasteiger partial charge in [0.15, 0.2) is 9.96 Å². The van der Waals surface area contributed by atoms with Gasteiger partial charge in [-0.2, -0.15) is 0 Å². The molecular formula is C17H20N2O5S2. The summed E-state index contributed by atoms with van der Waals surface area (Å²) in [5.41, 5.74) is 8.47. The Kier molecular flexibility index (Phi) is 5.22. The summed E-state index contributed by atoms with van der Waals surface area (Å²) in [5.74, 6) is -0.482. The first-order valence-electron chi connectivity index (χ1n) is 8.02. The Labute approximate surface area is 156 Å². The maximum absolute atomic E-state index is 12.9. The average molecular weight is 396 g/mol. The number of carbonyl (C=O) groups is 1. The molecule has 3 N–H and O–H groups in total. The lowest BCUT2D eigenvalue weighted by Gasteiger charge is -2.26. The zero-order valence-corrected chi connectivity index (χ0v) is 16.1. The van der Waals surface area contributed by atoms with E-state index in [4.69, 9.17) is 10.5 Å². The molecule has 2 aromatic rings. The molecule has 1 aromatic heterocycles. The van der Waals surface area contributed by atoms with Gasteiger partial charge in [-0.3, -0.25) is 0 Å². The Morgan fingerprint density at radius 2 is 2.08 bits per heavy atom. The molecule has 1 aliphatic carbocycles. The zero-order chi connectivity index (χ0) is 18.9. The van der Waals surface area contributed by atoms with Crippen LogP contribution in [0, 0.1) is 0 Å². The number of nitrogens with one attached hydrogen (secondary N) is 1. The predicted octanol–water partition coefficient (Wildman–Crippen LogP) is 2.48. The summed E-state index contributed by atoms with van der Waals surface area (Å²) in [5, 5.41) is 0. The maximum atomic E-state index is 12.9. The summed E-state index contributed by atoms with van der Waals surface area (Å²) in [6.45, 7) is 0. The number of esters is 1. The van der Waals surface area contributed by atoms with Crippen LogP contribution in [0.5, 0.6) is 5.75 Å². The van der Waals surface area contributed by atoms with Gasteiger partial charge in [-0.15, -0.1) is 11.3 Å². The number of anilines is 1. The van der Waals surface area contributed by atoms with Gasteiger partial charge in [0.2, 0.25) is 0 Å². The summed E-state index contributed by atoms with van der Waals surface area (Å²) in [6, 6.07) is 6.55. The fourth-order valence-corrected chi connectivity index (χ4v) is 5.85. The molecule has 0 radical (unpaired) electrons. The molecule has 1 heterocycles. The highest BCUT2D eigenvalue weighted by Crippen LogP contribution is 2.37. The van der Waals surface area contributed by atoms with Crippen molar-refractivity contribution in [2.45, 2.75) is 29.5 Å². The number of sulfonamides is 1. The Bertz CT molecular complexity index is 937. The van der Waals surface area contributed by atoms with E-state index in [1.165, 1.54) is 20.3 Å². The molecule has 0 spiro atoms. The summed E-state index contributed by atoms with van der Waals surface area (Å²) in [6.07, 6.45) is 2.42. The van der Waals surface area contributed by atoms with Crippen molar-refractivity contribution in [3.05, 3.63) is 40.3 Å². The normalized spacial score (nSPS) is 16.8. The summed E-state index contributed by atoms with van der Waals surface area (Å²) >= 11 is 0.826. The number of ether oxygens (including phenoxy) is 2. The maximum Gasteiger partial charge on any atom is 0.348 e. The van der Waals surface area contributed by atoms with Gasteiger partial charge in [0, 0.05) is 17.8 Å². The standard InChI is InChI=1S/C17H20N2O5S2/c1-23-14-9-15(16(20)24-2)25-17(14)26(21,22)19-13-5-3-4-10-8-11(18)6-7-12(10)13/h6-9,13,19H,3-5,18H2,1-2H3. The monoisotopic (exact) mass is 396 g/mol. The molecule has 0 saturated heterocycles. The topological polar surface area (TPSA) is 108 Å². The molecule has 0 bridgehead atoms. The predicted molar refractivity (Wildman–Crippen MR) is 99.1 cm³/mol. The Morgan fingerprint density at radius 1 is 1.31 bits per heavy atom. The first-order valence-corrected chi connectivity index (χ1v) is 10.3. The van der Waals surface area contributed by atoms with Gasteiger partial charge < -0.3 is 15.2 Å². The largest absolute Gasteiger partial charge is 0.494 e. The highest BCUT2D eigenvalue weighted by atomic mass is 32.2. The molecule has 0 saturated carbocycles. The van der Waals surface area contributed by atoms with Crippen molar-refractivity contribution in [1.29, 1.82) is 0 Å². The van der Waals surface area contributed by atoms with Crippen LogP contribution in [0.15, 0.2) is 28.5 Å². The number of carbonyl (C=O) groups excluding carboxylic acids is 1. The second-order valence-corrected chi connectivity index (χ2v) is 8.94. The number of hydrogen-bond acceptors (Lipinski definition) is 7. The highest BCUT2D eigenvalue weighted by Gasteiger charge is 2.30. The van der Waals surface area contributed by atoms with Crippen LogP contribution >= 0.6 is 11.3 Å². The molecule has 0 amide bonds. The molecule has 7 nitrogen and oxygen atoms in total. The van der Waals surface area contributed by atoms with Crippen LogP contribution in [0.3, 0.4) is 0 Å². The Balaban J connectivity index is 1.94. The third kappa shape index (κ3) is 3.55. The fraction of sp³-hybridized carbons (Fsp3) is 0.353. The van der Waals surface area contributed by atoms with Gasteiger partial charge in [-0.25, -0.2) is 17.9 Å². The lowest BCUT2D eigenvalue weighted by Crippen LogP contribution is -2.30. The van der Waals surface area contributed by atoms with E-state index in [1.54, 1.807) is 6.07 Å². The number of hydrogen-bond donors (Lipinski definition) is 2. The molecule has 0 aliphatic heterocycles. The lowest BCUT2D eigenvalue weighted by atomic mass is 9.88. The molecule has 0 fully saturated rings. The zero-order valence-electron chi connectivity index (χ0n) is 14.4. The molecule has 26 heavy (non-hydrogen) atoms. The molecule has 1 atom stereocenters. The summed E-state index contributed by atoms with van der Waals surface area (Å²) < 4.78 is 38.4. The number of fused-ring (bicyclic) bond motifs is 1. The van der Waals surface area contributed by atoms with Crippen LogP contribution in [0.2, 0.25) is 0 Å². The van der Waals surface area contributed by atoms with Crippen molar-refractivity contribution in [3.63, 3.8) is 0 Å². The quantitative estimate of drug-likeness (QED) is 0.594. The first kappa shape index (κ1) is 18.7. The van der Waals surface area contributed by atoms with Gasteiger partial charge in [0.25, 0.3) is 10.0 Å². The minimum Gasteiger partial charge on any atom is -0.494 e. The van der Waals surface area contributed by atoms with Crippen molar-refractivity contribution in [1.82, 2.24) is 4.72 Å². The first-order chi connectivity index (χ1) is 12.4. The second-order valence-electron chi connectivity index (χ2n) is 5.98. The molecule has 3 rings (SSSR count). The summed E-state index contributed by atoms with van der Waals surface area (Å²) in [7, 11) is -1.27. The molecule has 140 valence electrons. The molecule has 9 heteroatoms. The van der Waals surface area contributed by atoms with Gasteiger partial charge in [0.05, 0.1) is 14.2 Å². The van der Waals surface area contributed by atoms with Crippen molar-refractivity contribution < 1.29 is 22.7 Å². The third-order valence-electron chi connectivity index (χ3n) is 4.30. The van der Waals surface area contributed by atoms with Crippen molar-refractivity contribution in [3.8, 4) is 5.75 Å². The highest BCUT2D eigenvalue weighted by molar-refractivity contribution is 7.91. The minimum absolute atomic E-state index is 0.0389. The van der Waals surface area contributed by atoms with Gasteiger partial charge in [0.1, 0.15) is 4.88 Å². The Morgan fingerprint density at radius 3 is 2.77 bits per heavy atom. The van der Waals surface area contributed by atoms with E-state index in [0.717, 1.165) is 35.3 Å². The molecule has 1 aliphatic rings. The third-order valence-corrected chi connectivity index (χ3v) is 7.38. The number of benzene rings is 1. The van der Waals surface area contributed by atoms with E-state index >= 15 is 0 Å². The van der Waals surface area contributed by atoms with Gasteiger partial charge in [-0.1, -0.05) is 6.07 Å². The van der Waals surface area contributed by atoms with E-state index < -0.39 is 16.0 Å². The van der Waals surface area contributed by atoms with Crippen molar-refractivity contribution in [2.75, 3.05) is 20.0 Å². The average Bonchev–Trinajstić information content (AvgIpc) is 3.06.